The van der Waals surface area contributed by atoms with Gasteiger partial charge in [-0.15, -0.1) is 11.3 Å². The third kappa shape index (κ3) is 2.53. The summed E-state index contributed by atoms with van der Waals surface area (Å²) in [6.07, 6.45) is 2.88. The number of rotatable bonds is 3. The van der Waals surface area contributed by atoms with Crippen molar-refractivity contribution in [2.75, 3.05) is 11.5 Å². The molecule has 0 radical (unpaired) electrons. The van der Waals surface area contributed by atoms with Gasteiger partial charge in [-0.3, -0.25) is 9.48 Å². The Morgan fingerprint density at radius 3 is 2.80 bits per heavy atom. The van der Waals surface area contributed by atoms with Crippen molar-refractivity contribution in [3.8, 4) is 10.6 Å². The van der Waals surface area contributed by atoms with Crippen LogP contribution in [0.2, 0.25) is 4.34 Å². The molecule has 0 spiro atoms. The molecule has 20 heavy (non-hydrogen) atoms. The molecule has 0 N–H and O–H groups in total. The number of nitrogens with zero attached hydrogens (tertiary/aromatic N) is 2. The van der Waals surface area contributed by atoms with Crippen LogP contribution in [0.1, 0.15) is 22.8 Å². The highest BCUT2D eigenvalue weighted by Gasteiger charge is 2.30. The number of aromatic nitrogens is 2. The van der Waals surface area contributed by atoms with E-state index in [1.165, 1.54) is 11.3 Å². The Hall–Kier alpha value is -1.18. The smallest absolute Gasteiger partial charge is 0.153 e. The van der Waals surface area contributed by atoms with E-state index in [4.69, 9.17) is 11.6 Å². The fraction of sp³-hybridized carbons (Fsp3) is 0.333. The highest BCUT2D eigenvalue weighted by molar-refractivity contribution is 7.91. The van der Waals surface area contributed by atoms with Crippen molar-refractivity contribution >= 4 is 39.1 Å². The monoisotopic (exact) mass is 330 g/mol. The van der Waals surface area contributed by atoms with Gasteiger partial charge in [0.15, 0.2) is 16.1 Å². The van der Waals surface area contributed by atoms with E-state index in [1.54, 1.807) is 23.0 Å². The molecule has 0 aliphatic carbocycles. The molecule has 0 bridgehead atoms. The van der Waals surface area contributed by atoms with Crippen molar-refractivity contribution in [2.45, 2.75) is 12.5 Å². The van der Waals surface area contributed by atoms with Crippen molar-refractivity contribution in [2.24, 2.45) is 0 Å². The predicted octanol–water partition coefficient (Wildman–Crippen LogP) is 2.44. The molecule has 8 heteroatoms. The Labute approximate surface area is 125 Å². The summed E-state index contributed by atoms with van der Waals surface area (Å²) in [5, 5.41) is 4.38. The molecule has 3 rings (SSSR count). The minimum absolute atomic E-state index is 0.0810. The first kappa shape index (κ1) is 13.8. The Morgan fingerprint density at radius 2 is 2.25 bits per heavy atom. The number of hydrogen-bond donors (Lipinski definition) is 0. The first-order valence-electron chi connectivity index (χ1n) is 5.99. The Balaban J connectivity index is 1.99. The Bertz CT molecular complexity index is 764. The summed E-state index contributed by atoms with van der Waals surface area (Å²) >= 11 is 7.23. The molecule has 0 aromatic carbocycles. The molecule has 106 valence electrons. The predicted molar refractivity (Wildman–Crippen MR) is 78.2 cm³/mol. The topological polar surface area (TPSA) is 69.0 Å². The normalized spacial score (nSPS) is 21.1. The second-order valence-corrected chi connectivity index (χ2v) is 8.64. The van der Waals surface area contributed by atoms with Crippen LogP contribution in [0.15, 0.2) is 18.3 Å². The number of halogens is 1. The van der Waals surface area contributed by atoms with E-state index < -0.39 is 9.84 Å². The van der Waals surface area contributed by atoms with Crippen LogP contribution in [0.3, 0.4) is 0 Å². The molecular formula is C12H11ClN2O3S2. The molecule has 1 aliphatic heterocycles. The fourth-order valence-corrected chi connectivity index (χ4v) is 5.05. The van der Waals surface area contributed by atoms with Gasteiger partial charge in [0.2, 0.25) is 0 Å². The van der Waals surface area contributed by atoms with Crippen LogP contribution in [0.5, 0.6) is 0 Å². The van der Waals surface area contributed by atoms with E-state index in [-0.39, 0.29) is 17.5 Å². The van der Waals surface area contributed by atoms with Crippen LogP contribution < -0.4 is 0 Å². The minimum Gasteiger partial charge on any atom is -0.298 e. The van der Waals surface area contributed by atoms with Crippen LogP contribution in [0, 0.1) is 0 Å². The van der Waals surface area contributed by atoms with Crippen LogP contribution in [0.25, 0.3) is 10.6 Å². The zero-order valence-corrected chi connectivity index (χ0v) is 12.7. The van der Waals surface area contributed by atoms with E-state index in [1.807, 2.05) is 0 Å². The molecule has 2 aromatic rings. The zero-order chi connectivity index (χ0) is 14.3. The van der Waals surface area contributed by atoms with Gasteiger partial charge in [0.25, 0.3) is 0 Å². The molecular weight excluding hydrogens is 320 g/mol. The number of carbonyl (C=O) groups is 1. The number of hydrogen-bond acceptors (Lipinski definition) is 5. The zero-order valence-electron chi connectivity index (χ0n) is 10.3. The molecule has 1 saturated heterocycles. The Morgan fingerprint density at radius 1 is 1.45 bits per heavy atom. The average Bonchev–Trinajstić information content (AvgIpc) is 3.06. The quantitative estimate of drug-likeness (QED) is 0.810. The SMILES string of the molecule is O=Cc1cn(C2CCS(=O)(=O)C2)nc1-c1ccc(Cl)s1. The van der Waals surface area contributed by atoms with Gasteiger partial charge in [-0.1, -0.05) is 11.6 Å². The third-order valence-corrected chi connectivity index (χ3v) is 6.26. The van der Waals surface area contributed by atoms with Gasteiger partial charge in [0.05, 0.1) is 32.3 Å². The first-order chi connectivity index (χ1) is 9.48. The van der Waals surface area contributed by atoms with Crippen LogP contribution in [-0.2, 0) is 9.84 Å². The fourth-order valence-electron chi connectivity index (χ4n) is 2.30. The van der Waals surface area contributed by atoms with Gasteiger partial charge in [0.1, 0.15) is 5.69 Å². The minimum atomic E-state index is -2.98. The maximum absolute atomic E-state index is 11.5. The van der Waals surface area contributed by atoms with Gasteiger partial charge >= 0.3 is 0 Å². The second kappa shape index (κ2) is 4.98. The molecule has 0 saturated carbocycles. The lowest BCUT2D eigenvalue weighted by molar-refractivity contribution is 0.112. The van der Waals surface area contributed by atoms with E-state index in [2.05, 4.69) is 5.10 Å². The lowest BCUT2D eigenvalue weighted by atomic mass is 10.2. The summed E-state index contributed by atoms with van der Waals surface area (Å²) in [6.45, 7) is 0. The summed E-state index contributed by atoms with van der Waals surface area (Å²) in [7, 11) is -2.98. The summed E-state index contributed by atoms with van der Waals surface area (Å²) in [5.41, 5.74) is 1.01. The van der Waals surface area contributed by atoms with Crippen LogP contribution in [-0.4, -0.2) is 36.0 Å². The van der Waals surface area contributed by atoms with Gasteiger partial charge in [-0.25, -0.2) is 8.42 Å². The van der Waals surface area contributed by atoms with Crippen LogP contribution >= 0.6 is 22.9 Å². The van der Waals surface area contributed by atoms with Gasteiger partial charge in [-0.2, -0.15) is 5.10 Å². The average molecular weight is 331 g/mol. The van der Waals surface area contributed by atoms with E-state index in [0.29, 0.717) is 22.0 Å². The van der Waals surface area contributed by atoms with E-state index >= 15 is 0 Å². The molecule has 1 unspecified atom stereocenters. The first-order valence-corrected chi connectivity index (χ1v) is 9.00. The molecule has 3 heterocycles. The maximum Gasteiger partial charge on any atom is 0.153 e. The third-order valence-electron chi connectivity index (χ3n) is 3.28. The number of thiophene rings is 1. The molecule has 5 nitrogen and oxygen atoms in total. The van der Waals surface area contributed by atoms with Gasteiger partial charge < -0.3 is 0 Å². The lowest BCUT2D eigenvalue weighted by Crippen LogP contribution is -2.11. The summed E-state index contributed by atoms with van der Waals surface area (Å²) in [5.74, 6) is 0.256. The highest BCUT2D eigenvalue weighted by atomic mass is 35.5. The van der Waals surface area contributed by atoms with Crippen molar-refractivity contribution in [1.29, 1.82) is 0 Å². The van der Waals surface area contributed by atoms with Crippen molar-refractivity contribution in [3.63, 3.8) is 0 Å². The van der Waals surface area contributed by atoms with Crippen molar-refractivity contribution in [1.82, 2.24) is 9.78 Å². The Kier molecular flexibility index (Phi) is 3.43. The standard InChI is InChI=1S/C12H11ClN2O3S2/c13-11-2-1-10(19-11)12-8(6-16)5-15(14-12)9-3-4-20(17,18)7-9/h1-2,5-6,9H,3-4,7H2. The number of sulfone groups is 1. The number of aldehydes is 1. The second-order valence-electron chi connectivity index (χ2n) is 4.69. The molecule has 1 fully saturated rings. The van der Waals surface area contributed by atoms with Crippen molar-refractivity contribution < 1.29 is 13.2 Å². The highest BCUT2D eigenvalue weighted by Crippen LogP contribution is 2.33. The van der Waals surface area contributed by atoms with Crippen molar-refractivity contribution in [3.05, 3.63) is 28.2 Å². The van der Waals surface area contributed by atoms with E-state index in [0.717, 1.165) is 11.2 Å². The summed E-state index contributed by atoms with van der Waals surface area (Å²) in [6, 6.07) is 3.36. The van der Waals surface area contributed by atoms with Gasteiger partial charge in [-0.05, 0) is 18.6 Å². The molecule has 2 aromatic heterocycles. The maximum atomic E-state index is 11.5. The van der Waals surface area contributed by atoms with Crippen LogP contribution in [0.4, 0.5) is 0 Å². The summed E-state index contributed by atoms with van der Waals surface area (Å²) < 4.78 is 25.3. The molecule has 1 atom stereocenters. The lowest BCUT2D eigenvalue weighted by Gasteiger charge is -2.07. The number of carbonyl (C=O) groups excluding carboxylic acids is 1. The largest absolute Gasteiger partial charge is 0.298 e. The summed E-state index contributed by atoms with van der Waals surface area (Å²) in [4.78, 5) is 12.0. The molecule has 1 aliphatic rings. The van der Waals surface area contributed by atoms with E-state index in [9.17, 15) is 13.2 Å². The van der Waals surface area contributed by atoms with Gasteiger partial charge in [0, 0.05) is 6.20 Å². The molecule has 0 amide bonds.